The van der Waals surface area contributed by atoms with E-state index < -0.39 is 0 Å². The van der Waals surface area contributed by atoms with E-state index in [1.54, 1.807) is 0 Å². The van der Waals surface area contributed by atoms with E-state index in [2.05, 4.69) is 42.6 Å². The smallest absolute Gasteiger partial charge is 0.0951 e. The summed E-state index contributed by atoms with van der Waals surface area (Å²) in [6, 6.07) is 0.599. The minimum Gasteiger partial charge on any atom is -0.335 e. The van der Waals surface area contributed by atoms with Gasteiger partial charge in [0.2, 0.25) is 0 Å². The predicted octanol–water partition coefficient (Wildman–Crippen LogP) is 2.28. The van der Waals surface area contributed by atoms with Crippen LogP contribution in [0.15, 0.2) is 6.33 Å². The first-order valence-corrected chi connectivity index (χ1v) is 5.83. The van der Waals surface area contributed by atoms with Gasteiger partial charge in [-0.05, 0) is 33.2 Å². The molecule has 0 unspecified atom stereocenters. The lowest BCUT2D eigenvalue weighted by molar-refractivity contribution is 0.528. The number of hydrogen-bond donors (Lipinski definition) is 1. The molecule has 0 radical (unpaired) electrons. The molecule has 1 heterocycles. The number of nitrogens with one attached hydrogen (secondary N) is 1. The Bertz CT molecular complexity index is 289. The summed E-state index contributed by atoms with van der Waals surface area (Å²) in [6.45, 7) is 10.8. The molecule has 1 N–H and O–H groups in total. The molecule has 0 bridgehead atoms. The fraction of sp³-hybridized carbons (Fsp3) is 0.750. The van der Waals surface area contributed by atoms with Crippen molar-refractivity contribution in [3.63, 3.8) is 0 Å². The summed E-state index contributed by atoms with van der Waals surface area (Å²) in [7, 11) is 0. The fourth-order valence-electron chi connectivity index (χ4n) is 1.57. The first-order valence-electron chi connectivity index (χ1n) is 5.83. The number of aryl methyl sites for hydroxylation is 2. The van der Waals surface area contributed by atoms with Gasteiger partial charge in [-0.25, -0.2) is 4.98 Å². The number of aromatic nitrogens is 2. The molecule has 0 fully saturated rings. The van der Waals surface area contributed by atoms with Crippen LogP contribution >= 0.6 is 0 Å². The van der Waals surface area contributed by atoms with Gasteiger partial charge in [0.1, 0.15) is 0 Å². The van der Waals surface area contributed by atoms with Crippen LogP contribution in [-0.2, 0) is 6.54 Å². The standard InChI is InChI=1S/C12H23N3/c1-10(2)13-7-5-6-8-15-9-14-11(3)12(15)4/h9-10,13H,5-8H2,1-4H3. The largest absolute Gasteiger partial charge is 0.335 e. The van der Waals surface area contributed by atoms with E-state index in [0.29, 0.717) is 6.04 Å². The third-order valence-electron chi connectivity index (χ3n) is 2.72. The van der Waals surface area contributed by atoms with Crippen molar-refractivity contribution in [2.24, 2.45) is 0 Å². The van der Waals surface area contributed by atoms with E-state index in [1.807, 2.05) is 6.33 Å². The molecule has 1 aromatic rings. The topological polar surface area (TPSA) is 29.9 Å². The molecule has 86 valence electrons. The summed E-state index contributed by atoms with van der Waals surface area (Å²) >= 11 is 0. The van der Waals surface area contributed by atoms with Gasteiger partial charge < -0.3 is 9.88 Å². The lowest BCUT2D eigenvalue weighted by Crippen LogP contribution is -2.23. The number of imidazole rings is 1. The minimum absolute atomic E-state index is 0.599. The van der Waals surface area contributed by atoms with Crippen LogP contribution in [-0.4, -0.2) is 22.1 Å². The molecular formula is C12H23N3. The molecular weight excluding hydrogens is 186 g/mol. The molecule has 0 saturated heterocycles. The second kappa shape index (κ2) is 5.91. The maximum atomic E-state index is 4.29. The Kier molecular flexibility index (Phi) is 4.82. The Hall–Kier alpha value is -0.830. The second-order valence-electron chi connectivity index (χ2n) is 4.42. The summed E-state index contributed by atoms with van der Waals surface area (Å²) in [5.41, 5.74) is 2.45. The fourth-order valence-corrected chi connectivity index (χ4v) is 1.57. The van der Waals surface area contributed by atoms with Crippen molar-refractivity contribution < 1.29 is 0 Å². The highest BCUT2D eigenvalue weighted by Crippen LogP contribution is 2.05. The predicted molar refractivity (Wildman–Crippen MR) is 64.1 cm³/mol. The third kappa shape index (κ3) is 4.04. The van der Waals surface area contributed by atoms with Crippen LogP contribution in [0, 0.1) is 13.8 Å². The van der Waals surface area contributed by atoms with Crippen LogP contribution < -0.4 is 5.32 Å². The van der Waals surface area contributed by atoms with Gasteiger partial charge in [-0.15, -0.1) is 0 Å². The summed E-state index contributed by atoms with van der Waals surface area (Å²) in [5.74, 6) is 0. The Labute approximate surface area is 92.9 Å². The van der Waals surface area contributed by atoms with E-state index >= 15 is 0 Å². The first kappa shape index (κ1) is 12.2. The molecule has 1 rings (SSSR count). The number of nitrogens with zero attached hydrogens (tertiary/aromatic N) is 2. The molecule has 15 heavy (non-hydrogen) atoms. The molecule has 0 amide bonds. The van der Waals surface area contributed by atoms with Gasteiger partial charge in [0, 0.05) is 18.3 Å². The Morgan fingerprint density at radius 3 is 2.60 bits per heavy atom. The lowest BCUT2D eigenvalue weighted by atomic mass is 10.2. The van der Waals surface area contributed by atoms with Gasteiger partial charge in [-0.2, -0.15) is 0 Å². The van der Waals surface area contributed by atoms with Crippen molar-refractivity contribution in [1.82, 2.24) is 14.9 Å². The van der Waals surface area contributed by atoms with Gasteiger partial charge in [0.15, 0.2) is 0 Å². The summed E-state index contributed by atoms with van der Waals surface area (Å²) < 4.78 is 2.24. The van der Waals surface area contributed by atoms with E-state index in [-0.39, 0.29) is 0 Å². The summed E-state index contributed by atoms with van der Waals surface area (Å²) in [4.78, 5) is 4.29. The number of rotatable bonds is 6. The molecule has 0 saturated carbocycles. The highest BCUT2D eigenvalue weighted by molar-refractivity contribution is 5.08. The van der Waals surface area contributed by atoms with E-state index in [4.69, 9.17) is 0 Å². The van der Waals surface area contributed by atoms with Crippen LogP contribution in [0.2, 0.25) is 0 Å². The van der Waals surface area contributed by atoms with Crippen molar-refractivity contribution >= 4 is 0 Å². The van der Waals surface area contributed by atoms with Crippen molar-refractivity contribution in [1.29, 1.82) is 0 Å². The quantitative estimate of drug-likeness (QED) is 0.728. The maximum absolute atomic E-state index is 4.29. The van der Waals surface area contributed by atoms with Crippen LogP contribution in [0.4, 0.5) is 0 Å². The molecule has 0 aromatic carbocycles. The molecule has 3 nitrogen and oxygen atoms in total. The average Bonchev–Trinajstić information content (AvgIpc) is 2.48. The van der Waals surface area contributed by atoms with E-state index in [1.165, 1.54) is 18.5 Å². The van der Waals surface area contributed by atoms with Crippen LogP contribution in [0.25, 0.3) is 0 Å². The Morgan fingerprint density at radius 2 is 2.07 bits per heavy atom. The van der Waals surface area contributed by atoms with Gasteiger partial charge in [0.05, 0.1) is 12.0 Å². The van der Waals surface area contributed by atoms with Crippen molar-refractivity contribution in [3.8, 4) is 0 Å². The van der Waals surface area contributed by atoms with Gasteiger partial charge in [-0.3, -0.25) is 0 Å². The Morgan fingerprint density at radius 1 is 1.33 bits per heavy atom. The highest BCUT2D eigenvalue weighted by Gasteiger charge is 2.00. The molecule has 1 aromatic heterocycles. The average molecular weight is 209 g/mol. The van der Waals surface area contributed by atoms with Gasteiger partial charge in [0.25, 0.3) is 0 Å². The monoisotopic (exact) mass is 209 g/mol. The zero-order valence-electron chi connectivity index (χ0n) is 10.4. The molecule has 0 aliphatic carbocycles. The Balaban J connectivity index is 2.18. The molecule has 0 spiro atoms. The van der Waals surface area contributed by atoms with Crippen LogP contribution in [0.1, 0.15) is 38.1 Å². The summed E-state index contributed by atoms with van der Waals surface area (Å²) in [6.07, 6.45) is 4.39. The first-order chi connectivity index (χ1) is 7.11. The van der Waals surface area contributed by atoms with Gasteiger partial charge >= 0.3 is 0 Å². The minimum atomic E-state index is 0.599. The maximum Gasteiger partial charge on any atom is 0.0951 e. The summed E-state index contributed by atoms with van der Waals surface area (Å²) in [5, 5.41) is 3.43. The van der Waals surface area contributed by atoms with Crippen molar-refractivity contribution in [2.45, 2.75) is 53.1 Å². The molecule has 0 aliphatic heterocycles. The zero-order chi connectivity index (χ0) is 11.3. The molecule has 0 atom stereocenters. The number of hydrogen-bond acceptors (Lipinski definition) is 2. The molecule has 3 heteroatoms. The number of unbranched alkanes of at least 4 members (excludes halogenated alkanes) is 1. The normalized spacial score (nSPS) is 11.3. The highest BCUT2D eigenvalue weighted by atomic mass is 15.0. The van der Waals surface area contributed by atoms with Crippen LogP contribution in [0.5, 0.6) is 0 Å². The SMILES string of the molecule is Cc1ncn(CCCCNC(C)C)c1C. The van der Waals surface area contributed by atoms with Crippen molar-refractivity contribution in [3.05, 3.63) is 17.7 Å². The van der Waals surface area contributed by atoms with Gasteiger partial charge in [-0.1, -0.05) is 13.8 Å². The lowest BCUT2D eigenvalue weighted by Gasteiger charge is -2.08. The van der Waals surface area contributed by atoms with E-state index in [9.17, 15) is 0 Å². The van der Waals surface area contributed by atoms with Crippen molar-refractivity contribution in [2.75, 3.05) is 6.54 Å². The second-order valence-corrected chi connectivity index (χ2v) is 4.42. The third-order valence-corrected chi connectivity index (χ3v) is 2.72. The molecule has 0 aliphatic rings. The zero-order valence-corrected chi connectivity index (χ0v) is 10.4. The van der Waals surface area contributed by atoms with E-state index in [0.717, 1.165) is 18.8 Å². The van der Waals surface area contributed by atoms with Crippen LogP contribution in [0.3, 0.4) is 0 Å².